The van der Waals surface area contributed by atoms with Crippen LogP contribution in [0.15, 0.2) is 18.3 Å². The number of nitrogens with zero attached hydrogens (tertiary/aromatic N) is 1. The Morgan fingerprint density at radius 1 is 1.60 bits per heavy atom. The van der Waals surface area contributed by atoms with Gasteiger partial charge in [0, 0.05) is 12.7 Å². The predicted octanol–water partition coefficient (Wildman–Crippen LogP) is 2.23. The zero-order valence-corrected chi connectivity index (χ0v) is 10.0. The molecule has 1 atom stereocenters. The molecule has 1 saturated heterocycles. The molecule has 2 rings (SSSR count). The van der Waals surface area contributed by atoms with Crippen LogP contribution in [0, 0.1) is 12.8 Å². The lowest BCUT2D eigenvalue weighted by Gasteiger charge is -2.10. The molecule has 2 nitrogen and oxygen atoms in total. The summed E-state index contributed by atoms with van der Waals surface area (Å²) in [5.41, 5.74) is 2.47. The van der Waals surface area contributed by atoms with Gasteiger partial charge in [-0.3, -0.25) is 4.98 Å². The molecule has 1 N–H and O–H groups in total. The van der Waals surface area contributed by atoms with Crippen LogP contribution in [0.4, 0.5) is 0 Å². The van der Waals surface area contributed by atoms with Crippen molar-refractivity contribution in [2.75, 3.05) is 18.1 Å². The van der Waals surface area contributed by atoms with Crippen LogP contribution in [-0.2, 0) is 6.54 Å². The maximum atomic E-state index is 4.37. The van der Waals surface area contributed by atoms with Gasteiger partial charge in [0.1, 0.15) is 0 Å². The molecule has 0 radical (unpaired) electrons. The first kappa shape index (κ1) is 11.0. The van der Waals surface area contributed by atoms with E-state index in [1.165, 1.54) is 29.2 Å². The molecule has 0 saturated carbocycles. The second-order valence-corrected chi connectivity index (χ2v) is 5.28. The molecule has 1 unspecified atom stereocenters. The molecule has 0 aliphatic carbocycles. The number of nitrogens with one attached hydrogen (secondary N) is 1. The molecule has 0 amide bonds. The number of aryl methyl sites for hydroxylation is 1. The molecule has 0 aromatic carbocycles. The summed E-state index contributed by atoms with van der Waals surface area (Å²) in [6, 6.07) is 4.11. The Kier molecular flexibility index (Phi) is 4.03. The third-order valence-electron chi connectivity index (χ3n) is 2.87. The summed E-state index contributed by atoms with van der Waals surface area (Å²) in [6.07, 6.45) is 3.24. The van der Waals surface area contributed by atoms with E-state index < -0.39 is 0 Å². The van der Waals surface area contributed by atoms with Gasteiger partial charge >= 0.3 is 0 Å². The van der Waals surface area contributed by atoms with E-state index in [1.807, 2.05) is 12.3 Å². The summed E-state index contributed by atoms with van der Waals surface area (Å²) in [7, 11) is 0. The smallest absolute Gasteiger partial charge is 0.0570 e. The number of hydrogen-bond acceptors (Lipinski definition) is 3. The largest absolute Gasteiger partial charge is 0.311 e. The third kappa shape index (κ3) is 3.21. The SMILES string of the molecule is Cc1cccnc1CNCC1CCSC1. The molecular weight excluding hydrogens is 204 g/mol. The van der Waals surface area contributed by atoms with Gasteiger partial charge in [0.15, 0.2) is 0 Å². The molecule has 3 heteroatoms. The van der Waals surface area contributed by atoms with Gasteiger partial charge in [0.25, 0.3) is 0 Å². The fourth-order valence-electron chi connectivity index (χ4n) is 1.84. The molecule has 1 aliphatic rings. The monoisotopic (exact) mass is 222 g/mol. The van der Waals surface area contributed by atoms with Crippen molar-refractivity contribution in [3.05, 3.63) is 29.6 Å². The standard InChI is InChI=1S/C12H18N2S/c1-10-3-2-5-14-12(10)8-13-7-11-4-6-15-9-11/h2-3,5,11,13H,4,6-9H2,1H3. The predicted molar refractivity (Wildman–Crippen MR) is 66.1 cm³/mol. The van der Waals surface area contributed by atoms with Crippen molar-refractivity contribution in [3.8, 4) is 0 Å². The summed E-state index contributed by atoms with van der Waals surface area (Å²) < 4.78 is 0. The van der Waals surface area contributed by atoms with Crippen LogP contribution in [0.1, 0.15) is 17.7 Å². The number of aromatic nitrogens is 1. The van der Waals surface area contributed by atoms with Crippen molar-refractivity contribution in [1.29, 1.82) is 0 Å². The van der Waals surface area contributed by atoms with Crippen LogP contribution in [0.2, 0.25) is 0 Å². The van der Waals surface area contributed by atoms with Crippen molar-refractivity contribution in [3.63, 3.8) is 0 Å². The highest BCUT2D eigenvalue weighted by Gasteiger charge is 2.14. The Labute approximate surface area is 95.9 Å². The summed E-state index contributed by atoms with van der Waals surface area (Å²) in [4.78, 5) is 4.37. The molecule has 0 bridgehead atoms. The van der Waals surface area contributed by atoms with Gasteiger partial charge in [-0.05, 0) is 48.9 Å². The van der Waals surface area contributed by atoms with Gasteiger partial charge in [-0.1, -0.05) is 6.07 Å². The second-order valence-electron chi connectivity index (χ2n) is 4.13. The number of hydrogen-bond donors (Lipinski definition) is 1. The Morgan fingerprint density at radius 3 is 3.27 bits per heavy atom. The van der Waals surface area contributed by atoms with Crippen molar-refractivity contribution >= 4 is 11.8 Å². The maximum Gasteiger partial charge on any atom is 0.0570 e. The molecule has 1 aromatic heterocycles. The molecule has 1 aromatic rings. The highest BCUT2D eigenvalue weighted by atomic mass is 32.2. The van der Waals surface area contributed by atoms with E-state index in [-0.39, 0.29) is 0 Å². The molecule has 1 fully saturated rings. The van der Waals surface area contributed by atoms with E-state index >= 15 is 0 Å². The summed E-state index contributed by atoms with van der Waals surface area (Å²) in [6.45, 7) is 4.17. The average molecular weight is 222 g/mol. The zero-order chi connectivity index (χ0) is 10.5. The van der Waals surface area contributed by atoms with Crippen molar-refractivity contribution in [2.24, 2.45) is 5.92 Å². The minimum Gasteiger partial charge on any atom is -0.311 e. The number of thioether (sulfide) groups is 1. The van der Waals surface area contributed by atoms with E-state index in [0.29, 0.717) is 0 Å². The average Bonchev–Trinajstić information content (AvgIpc) is 2.74. The lowest BCUT2D eigenvalue weighted by Crippen LogP contribution is -2.23. The Morgan fingerprint density at radius 2 is 2.53 bits per heavy atom. The number of rotatable bonds is 4. The summed E-state index contributed by atoms with van der Waals surface area (Å²) in [5, 5.41) is 3.51. The van der Waals surface area contributed by atoms with Crippen LogP contribution in [0.5, 0.6) is 0 Å². The lowest BCUT2D eigenvalue weighted by molar-refractivity contribution is 0.519. The summed E-state index contributed by atoms with van der Waals surface area (Å²) >= 11 is 2.08. The van der Waals surface area contributed by atoms with Crippen molar-refractivity contribution in [2.45, 2.75) is 19.9 Å². The quantitative estimate of drug-likeness (QED) is 0.845. The highest BCUT2D eigenvalue weighted by molar-refractivity contribution is 7.99. The molecule has 2 heterocycles. The van der Waals surface area contributed by atoms with Crippen molar-refractivity contribution < 1.29 is 0 Å². The van der Waals surface area contributed by atoms with E-state index in [1.54, 1.807) is 0 Å². The fraction of sp³-hybridized carbons (Fsp3) is 0.583. The second kappa shape index (κ2) is 5.52. The van der Waals surface area contributed by atoms with Crippen LogP contribution < -0.4 is 5.32 Å². The first-order valence-corrected chi connectivity index (χ1v) is 6.70. The van der Waals surface area contributed by atoms with Gasteiger partial charge < -0.3 is 5.32 Å². The van der Waals surface area contributed by atoms with Crippen LogP contribution >= 0.6 is 11.8 Å². The van der Waals surface area contributed by atoms with E-state index in [4.69, 9.17) is 0 Å². The first-order chi connectivity index (χ1) is 7.36. The van der Waals surface area contributed by atoms with E-state index in [9.17, 15) is 0 Å². The molecule has 15 heavy (non-hydrogen) atoms. The molecule has 0 spiro atoms. The Balaban J connectivity index is 1.75. The Bertz CT molecular complexity index is 308. The Hall–Kier alpha value is -0.540. The van der Waals surface area contributed by atoms with Crippen LogP contribution in [-0.4, -0.2) is 23.0 Å². The molecular formula is C12H18N2S. The normalized spacial score (nSPS) is 20.7. The third-order valence-corrected chi connectivity index (χ3v) is 4.10. The maximum absolute atomic E-state index is 4.37. The van der Waals surface area contributed by atoms with Gasteiger partial charge in [-0.2, -0.15) is 11.8 Å². The minimum absolute atomic E-state index is 0.874. The lowest BCUT2D eigenvalue weighted by atomic mass is 10.1. The van der Waals surface area contributed by atoms with E-state index in [0.717, 1.165) is 19.0 Å². The summed E-state index contributed by atoms with van der Waals surface area (Å²) in [5.74, 6) is 3.54. The van der Waals surface area contributed by atoms with Crippen molar-refractivity contribution in [1.82, 2.24) is 10.3 Å². The first-order valence-electron chi connectivity index (χ1n) is 5.55. The van der Waals surface area contributed by atoms with Gasteiger partial charge in [-0.25, -0.2) is 0 Å². The topological polar surface area (TPSA) is 24.9 Å². The van der Waals surface area contributed by atoms with Gasteiger partial charge in [0.05, 0.1) is 5.69 Å². The van der Waals surface area contributed by atoms with Crippen LogP contribution in [0.3, 0.4) is 0 Å². The van der Waals surface area contributed by atoms with Gasteiger partial charge in [-0.15, -0.1) is 0 Å². The van der Waals surface area contributed by atoms with E-state index in [2.05, 4.69) is 35.1 Å². The fourth-order valence-corrected chi connectivity index (χ4v) is 3.13. The highest BCUT2D eigenvalue weighted by Crippen LogP contribution is 2.22. The molecule has 1 aliphatic heterocycles. The minimum atomic E-state index is 0.874. The molecule has 82 valence electrons. The van der Waals surface area contributed by atoms with Crippen LogP contribution in [0.25, 0.3) is 0 Å². The number of pyridine rings is 1. The van der Waals surface area contributed by atoms with Gasteiger partial charge in [0.2, 0.25) is 0 Å². The zero-order valence-electron chi connectivity index (χ0n) is 9.20.